The number of aromatic nitrogens is 1. The highest BCUT2D eigenvalue weighted by molar-refractivity contribution is 6.07. The summed E-state index contributed by atoms with van der Waals surface area (Å²) in [4.78, 5) is 16.8. The fraction of sp³-hybridized carbons (Fsp3) is 0. The van der Waals surface area contributed by atoms with E-state index in [9.17, 15) is 4.79 Å². The maximum atomic E-state index is 12.3. The standard InChI is InChI=1S/C22H16N2O/c25-22(24-21-11-5-8-16-6-1-3-9-19(16)21)15-14-18-13-12-17-7-2-4-10-20(17)23-18/h1-15H,(H,24,25)/b15-14+. The Hall–Kier alpha value is -3.46. The molecule has 0 aliphatic carbocycles. The Bertz CT molecular complexity index is 1090. The second-order valence-electron chi connectivity index (χ2n) is 5.78. The summed E-state index contributed by atoms with van der Waals surface area (Å²) >= 11 is 0. The molecule has 4 rings (SSSR count). The number of benzene rings is 3. The Morgan fingerprint density at radius 1 is 0.800 bits per heavy atom. The average molecular weight is 324 g/mol. The lowest BCUT2D eigenvalue weighted by atomic mass is 10.1. The summed E-state index contributed by atoms with van der Waals surface area (Å²) in [5.41, 5.74) is 2.48. The third-order valence-corrected chi connectivity index (χ3v) is 4.07. The zero-order valence-electron chi connectivity index (χ0n) is 13.5. The van der Waals surface area contributed by atoms with Crippen molar-refractivity contribution in [3.63, 3.8) is 0 Å². The van der Waals surface area contributed by atoms with E-state index in [1.54, 1.807) is 6.08 Å². The lowest BCUT2D eigenvalue weighted by Gasteiger charge is -2.06. The average Bonchev–Trinajstić information content (AvgIpc) is 2.66. The number of para-hydroxylation sites is 1. The van der Waals surface area contributed by atoms with Gasteiger partial charge in [0.2, 0.25) is 5.91 Å². The number of nitrogens with zero attached hydrogens (tertiary/aromatic N) is 1. The molecule has 0 atom stereocenters. The van der Waals surface area contributed by atoms with E-state index in [1.165, 1.54) is 6.08 Å². The third kappa shape index (κ3) is 3.26. The summed E-state index contributed by atoms with van der Waals surface area (Å²) in [6, 6.07) is 25.7. The van der Waals surface area contributed by atoms with Gasteiger partial charge in [-0.3, -0.25) is 4.79 Å². The summed E-state index contributed by atoms with van der Waals surface area (Å²) in [5, 5.41) is 6.14. The van der Waals surface area contributed by atoms with E-state index in [-0.39, 0.29) is 5.91 Å². The van der Waals surface area contributed by atoms with Crippen molar-refractivity contribution in [2.45, 2.75) is 0 Å². The molecule has 0 spiro atoms. The minimum absolute atomic E-state index is 0.175. The molecule has 0 aliphatic heterocycles. The summed E-state index contributed by atoms with van der Waals surface area (Å²) in [5.74, 6) is -0.175. The summed E-state index contributed by atoms with van der Waals surface area (Å²) in [7, 11) is 0. The van der Waals surface area contributed by atoms with Crippen LogP contribution >= 0.6 is 0 Å². The summed E-state index contributed by atoms with van der Waals surface area (Å²) in [6.07, 6.45) is 3.24. The van der Waals surface area contributed by atoms with Crippen LogP contribution in [0.1, 0.15) is 5.69 Å². The van der Waals surface area contributed by atoms with Gasteiger partial charge in [0.25, 0.3) is 0 Å². The molecule has 0 aliphatic rings. The highest BCUT2D eigenvalue weighted by Crippen LogP contribution is 2.23. The largest absolute Gasteiger partial charge is 0.322 e. The van der Waals surface area contributed by atoms with Crippen molar-refractivity contribution in [3.05, 3.63) is 90.6 Å². The first-order valence-electron chi connectivity index (χ1n) is 8.12. The molecule has 0 unspecified atom stereocenters. The van der Waals surface area contributed by atoms with Gasteiger partial charge in [-0.15, -0.1) is 0 Å². The topological polar surface area (TPSA) is 42.0 Å². The highest BCUT2D eigenvalue weighted by atomic mass is 16.1. The molecule has 1 aromatic heterocycles. The molecule has 0 radical (unpaired) electrons. The van der Waals surface area contributed by atoms with Gasteiger partial charge in [0, 0.05) is 22.5 Å². The molecule has 4 aromatic rings. The second-order valence-corrected chi connectivity index (χ2v) is 5.78. The molecular weight excluding hydrogens is 308 g/mol. The first-order valence-corrected chi connectivity index (χ1v) is 8.12. The molecule has 3 aromatic carbocycles. The second kappa shape index (κ2) is 6.57. The molecule has 3 heteroatoms. The van der Waals surface area contributed by atoms with Gasteiger partial charge in [0.05, 0.1) is 11.2 Å². The minimum atomic E-state index is -0.175. The molecule has 1 N–H and O–H groups in total. The van der Waals surface area contributed by atoms with E-state index in [0.29, 0.717) is 0 Å². The smallest absolute Gasteiger partial charge is 0.248 e. The van der Waals surface area contributed by atoms with Crippen molar-refractivity contribution in [1.82, 2.24) is 4.98 Å². The lowest BCUT2D eigenvalue weighted by molar-refractivity contribution is -0.111. The Kier molecular flexibility index (Phi) is 3.97. The van der Waals surface area contributed by atoms with E-state index in [0.717, 1.165) is 33.1 Å². The third-order valence-electron chi connectivity index (χ3n) is 4.07. The van der Waals surface area contributed by atoms with Gasteiger partial charge >= 0.3 is 0 Å². The molecule has 1 amide bonds. The van der Waals surface area contributed by atoms with E-state index < -0.39 is 0 Å². The number of amides is 1. The van der Waals surface area contributed by atoms with Crippen LogP contribution in [0.3, 0.4) is 0 Å². The number of pyridine rings is 1. The molecule has 25 heavy (non-hydrogen) atoms. The van der Waals surface area contributed by atoms with Crippen LogP contribution in [0.5, 0.6) is 0 Å². The number of carbonyl (C=O) groups excluding carboxylic acids is 1. The molecule has 0 bridgehead atoms. The van der Waals surface area contributed by atoms with Crippen molar-refractivity contribution in [3.8, 4) is 0 Å². The van der Waals surface area contributed by atoms with Crippen LogP contribution in [0.4, 0.5) is 5.69 Å². The first kappa shape index (κ1) is 15.1. The number of rotatable bonds is 3. The number of hydrogen-bond donors (Lipinski definition) is 1. The number of hydrogen-bond acceptors (Lipinski definition) is 2. The Morgan fingerprint density at radius 2 is 1.56 bits per heavy atom. The van der Waals surface area contributed by atoms with Crippen LogP contribution < -0.4 is 5.32 Å². The van der Waals surface area contributed by atoms with Crippen molar-refractivity contribution in [2.75, 3.05) is 5.32 Å². The van der Waals surface area contributed by atoms with Gasteiger partial charge in [-0.1, -0.05) is 60.7 Å². The van der Waals surface area contributed by atoms with Crippen LogP contribution in [-0.4, -0.2) is 10.9 Å². The van der Waals surface area contributed by atoms with Gasteiger partial charge in [0.1, 0.15) is 0 Å². The highest BCUT2D eigenvalue weighted by Gasteiger charge is 2.03. The van der Waals surface area contributed by atoms with Crippen LogP contribution in [0.2, 0.25) is 0 Å². The first-order chi connectivity index (χ1) is 12.3. The summed E-state index contributed by atoms with van der Waals surface area (Å²) in [6.45, 7) is 0. The van der Waals surface area contributed by atoms with E-state index in [4.69, 9.17) is 0 Å². The van der Waals surface area contributed by atoms with E-state index in [1.807, 2.05) is 78.9 Å². The van der Waals surface area contributed by atoms with E-state index >= 15 is 0 Å². The zero-order chi connectivity index (χ0) is 17.1. The molecule has 0 fully saturated rings. The number of fused-ring (bicyclic) bond motifs is 2. The van der Waals surface area contributed by atoms with Gasteiger partial charge in [-0.05, 0) is 29.7 Å². The minimum Gasteiger partial charge on any atom is -0.322 e. The maximum absolute atomic E-state index is 12.3. The fourth-order valence-electron chi connectivity index (χ4n) is 2.84. The molecule has 0 saturated carbocycles. The maximum Gasteiger partial charge on any atom is 0.248 e. The normalized spacial score (nSPS) is 11.2. The van der Waals surface area contributed by atoms with Crippen molar-refractivity contribution >= 4 is 39.3 Å². The van der Waals surface area contributed by atoms with Crippen LogP contribution in [0.15, 0.2) is 84.9 Å². The molecule has 1 heterocycles. The lowest BCUT2D eigenvalue weighted by Crippen LogP contribution is -2.08. The van der Waals surface area contributed by atoms with E-state index in [2.05, 4.69) is 10.3 Å². The molecular formula is C22H16N2O. The van der Waals surface area contributed by atoms with Gasteiger partial charge in [-0.2, -0.15) is 0 Å². The van der Waals surface area contributed by atoms with Crippen LogP contribution in [0, 0.1) is 0 Å². The van der Waals surface area contributed by atoms with Gasteiger partial charge in [-0.25, -0.2) is 4.98 Å². The number of anilines is 1. The predicted octanol–water partition coefficient (Wildman–Crippen LogP) is 5.04. The van der Waals surface area contributed by atoms with Crippen molar-refractivity contribution in [1.29, 1.82) is 0 Å². The number of carbonyl (C=O) groups is 1. The van der Waals surface area contributed by atoms with Crippen LogP contribution in [-0.2, 0) is 4.79 Å². The Balaban J connectivity index is 1.55. The Labute approximate surface area is 145 Å². The van der Waals surface area contributed by atoms with Gasteiger partial charge in [0.15, 0.2) is 0 Å². The van der Waals surface area contributed by atoms with Crippen LogP contribution in [0.25, 0.3) is 27.8 Å². The monoisotopic (exact) mass is 324 g/mol. The fourth-order valence-corrected chi connectivity index (χ4v) is 2.84. The SMILES string of the molecule is O=C(/C=C/c1ccc2ccccc2n1)Nc1cccc2ccccc12. The predicted molar refractivity (Wildman–Crippen MR) is 103 cm³/mol. The molecule has 3 nitrogen and oxygen atoms in total. The summed E-state index contributed by atoms with van der Waals surface area (Å²) < 4.78 is 0. The van der Waals surface area contributed by atoms with Gasteiger partial charge < -0.3 is 5.32 Å². The molecule has 120 valence electrons. The number of nitrogens with one attached hydrogen (secondary N) is 1. The zero-order valence-corrected chi connectivity index (χ0v) is 13.5. The molecule has 0 saturated heterocycles. The van der Waals surface area contributed by atoms with Crippen molar-refractivity contribution in [2.24, 2.45) is 0 Å². The Morgan fingerprint density at radius 3 is 2.48 bits per heavy atom. The quantitative estimate of drug-likeness (QED) is 0.536. The van der Waals surface area contributed by atoms with Crippen molar-refractivity contribution < 1.29 is 4.79 Å².